The number of nitriles is 1. The summed E-state index contributed by atoms with van der Waals surface area (Å²) in [6.45, 7) is 0.162. The molecule has 0 aliphatic carbocycles. The number of hydrogen-bond donors (Lipinski definition) is 1. The van der Waals surface area contributed by atoms with Crippen molar-refractivity contribution in [3.63, 3.8) is 0 Å². The number of unbranched alkanes of at least 4 members (excludes halogenated alkanes) is 1. The molecular weight excluding hydrogens is 263 g/mol. The van der Waals surface area contributed by atoms with Crippen LogP contribution in [0.5, 0.6) is 0 Å². The minimum atomic E-state index is -0.595. The van der Waals surface area contributed by atoms with Crippen LogP contribution in [0.4, 0.5) is 5.69 Å². The summed E-state index contributed by atoms with van der Waals surface area (Å²) in [5.74, 6) is -0.595. The Balaban J connectivity index is 2.73. The van der Waals surface area contributed by atoms with Crippen LogP contribution in [0.1, 0.15) is 23.2 Å². The summed E-state index contributed by atoms with van der Waals surface area (Å²) in [4.78, 5) is 11.6. The van der Waals surface area contributed by atoms with Gasteiger partial charge < -0.3 is 10.5 Å². The summed E-state index contributed by atoms with van der Waals surface area (Å²) in [7, 11) is 0. The topological polar surface area (TPSA) is 76.1 Å². The van der Waals surface area contributed by atoms with E-state index in [-0.39, 0.29) is 22.2 Å². The molecule has 1 aromatic rings. The molecule has 17 heavy (non-hydrogen) atoms. The van der Waals surface area contributed by atoms with Crippen LogP contribution in [0.15, 0.2) is 12.1 Å². The smallest absolute Gasteiger partial charge is 0.339 e. The highest BCUT2D eigenvalue weighted by Crippen LogP contribution is 2.29. The Labute approximate surface area is 109 Å². The Morgan fingerprint density at radius 3 is 2.82 bits per heavy atom. The predicted molar refractivity (Wildman–Crippen MR) is 66.0 cm³/mol. The van der Waals surface area contributed by atoms with Gasteiger partial charge in [0.2, 0.25) is 0 Å². The highest BCUT2D eigenvalue weighted by Gasteiger charge is 2.15. The number of rotatable bonds is 4. The molecule has 0 saturated carbocycles. The third-order valence-electron chi connectivity index (χ3n) is 1.94. The number of hydrogen-bond acceptors (Lipinski definition) is 4. The highest BCUT2D eigenvalue weighted by molar-refractivity contribution is 6.44. The summed E-state index contributed by atoms with van der Waals surface area (Å²) in [6, 6.07) is 4.81. The molecule has 0 aliphatic rings. The summed E-state index contributed by atoms with van der Waals surface area (Å²) in [5.41, 5.74) is 6.02. The van der Waals surface area contributed by atoms with E-state index >= 15 is 0 Å². The van der Waals surface area contributed by atoms with Crippen molar-refractivity contribution in [1.29, 1.82) is 5.26 Å². The van der Waals surface area contributed by atoms with E-state index in [4.69, 9.17) is 38.9 Å². The number of nitrogens with two attached hydrogens (primary N) is 1. The van der Waals surface area contributed by atoms with E-state index in [9.17, 15) is 4.79 Å². The van der Waals surface area contributed by atoms with E-state index in [1.807, 2.05) is 6.07 Å². The molecule has 1 aromatic carbocycles. The summed E-state index contributed by atoms with van der Waals surface area (Å²) in [6.07, 6.45) is 0.814. The van der Waals surface area contributed by atoms with Gasteiger partial charge in [-0.2, -0.15) is 5.26 Å². The van der Waals surface area contributed by atoms with Gasteiger partial charge in [0, 0.05) is 12.1 Å². The van der Waals surface area contributed by atoms with Gasteiger partial charge in [0.1, 0.15) is 0 Å². The van der Waals surface area contributed by atoms with E-state index in [1.165, 1.54) is 12.1 Å². The first-order valence-corrected chi connectivity index (χ1v) is 5.60. The van der Waals surface area contributed by atoms with E-state index in [0.29, 0.717) is 18.5 Å². The van der Waals surface area contributed by atoms with Gasteiger partial charge in [0.25, 0.3) is 0 Å². The van der Waals surface area contributed by atoms with Crippen LogP contribution >= 0.6 is 23.2 Å². The molecule has 90 valence electrons. The summed E-state index contributed by atoms with van der Waals surface area (Å²) >= 11 is 11.6. The van der Waals surface area contributed by atoms with Crippen molar-refractivity contribution in [3.05, 3.63) is 27.7 Å². The van der Waals surface area contributed by atoms with Crippen molar-refractivity contribution >= 4 is 34.9 Å². The van der Waals surface area contributed by atoms with Crippen LogP contribution < -0.4 is 5.73 Å². The number of esters is 1. The SMILES string of the molecule is N#CCCCOC(=O)c1cc(N)cc(Cl)c1Cl. The number of halogens is 2. The minimum absolute atomic E-state index is 0.117. The molecule has 0 atom stereocenters. The Bertz CT molecular complexity index is 469. The molecule has 6 heteroatoms. The third kappa shape index (κ3) is 3.81. The van der Waals surface area contributed by atoms with Crippen molar-refractivity contribution in [2.24, 2.45) is 0 Å². The average Bonchev–Trinajstić information content (AvgIpc) is 2.29. The molecular formula is C11H10Cl2N2O2. The second-order valence-electron chi connectivity index (χ2n) is 3.26. The number of anilines is 1. The zero-order valence-corrected chi connectivity index (χ0v) is 10.4. The Kier molecular flexibility index (Phi) is 5.08. The van der Waals surface area contributed by atoms with Crippen LogP contribution in [0.2, 0.25) is 10.0 Å². The highest BCUT2D eigenvalue weighted by atomic mass is 35.5. The lowest BCUT2D eigenvalue weighted by atomic mass is 10.2. The molecule has 0 saturated heterocycles. The predicted octanol–water partition coefficient (Wildman–Crippen LogP) is 3.04. The second kappa shape index (κ2) is 6.33. The van der Waals surface area contributed by atoms with E-state index in [0.717, 1.165) is 0 Å². The Morgan fingerprint density at radius 2 is 2.18 bits per heavy atom. The summed E-state index contributed by atoms with van der Waals surface area (Å²) in [5, 5.41) is 8.64. The molecule has 0 bridgehead atoms. The minimum Gasteiger partial charge on any atom is -0.462 e. The van der Waals surface area contributed by atoms with Gasteiger partial charge in [-0.15, -0.1) is 0 Å². The molecule has 1 rings (SSSR count). The second-order valence-corrected chi connectivity index (χ2v) is 4.05. The van der Waals surface area contributed by atoms with Crippen LogP contribution in [-0.4, -0.2) is 12.6 Å². The number of ether oxygens (including phenoxy) is 1. The van der Waals surface area contributed by atoms with Crippen molar-refractivity contribution in [2.75, 3.05) is 12.3 Å². The van der Waals surface area contributed by atoms with Gasteiger partial charge in [-0.1, -0.05) is 23.2 Å². The fourth-order valence-electron chi connectivity index (χ4n) is 1.15. The molecule has 0 radical (unpaired) electrons. The number of nitrogens with zero attached hydrogens (tertiary/aromatic N) is 1. The summed E-state index contributed by atoms with van der Waals surface area (Å²) < 4.78 is 4.93. The van der Waals surface area contributed by atoms with Gasteiger partial charge >= 0.3 is 5.97 Å². The molecule has 0 heterocycles. The van der Waals surface area contributed by atoms with Crippen molar-refractivity contribution in [2.45, 2.75) is 12.8 Å². The largest absolute Gasteiger partial charge is 0.462 e. The molecule has 0 spiro atoms. The van der Waals surface area contributed by atoms with Crippen LogP contribution in [0.3, 0.4) is 0 Å². The lowest BCUT2D eigenvalue weighted by molar-refractivity contribution is 0.0502. The first-order chi connectivity index (χ1) is 8.06. The number of benzene rings is 1. The van der Waals surface area contributed by atoms with Gasteiger partial charge in [-0.25, -0.2) is 4.79 Å². The standard InChI is InChI=1S/C11H10Cl2N2O2/c12-9-6-7(15)5-8(10(9)13)11(16)17-4-2-1-3-14/h5-6H,1-2,4,15H2. The quantitative estimate of drug-likeness (QED) is 0.519. The number of carbonyl (C=O) groups excluding carboxylic acids is 1. The third-order valence-corrected chi connectivity index (χ3v) is 2.74. The van der Waals surface area contributed by atoms with Crippen molar-refractivity contribution < 1.29 is 9.53 Å². The first-order valence-electron chi connectivity index (χ1n) is 4.85. The zero-order chi connectivity index (χ0) is 12.8. The van der Waals surface area contributed by atoms with E-state index in [2.05, 4.69) is 0 Å². The first kappa shape index (κ1) is 13.6. The number of carbonyl (C=O) groups is 1. The molecule has 0 aliphatic heterocycles. The zero-order valence-electron chi connectivity index (χ0n) is 8.87. The Hall–Kier alpha value is -1.44. The van der Waals surface area contributed by atoms with Crippen molar-refractivity contribution in [1.82, 2.24) is 0 Å². The van der Waals surface area contributed by atoms with Crippen LogP contribution in [0.25, 0.3) is 0 Å². The lowest BCUT2D eigenvalue weighted by Crippen LogP contribution is -2.08. The fraction of sp³-hybridized carbons (Fsp3) is 0.273. The maximum Gasteiger partial charge on any atom is 0.339 e. The Morgan fingerprint density at radius 1 is 1.47 bits per heavy atom. The molecule has 0 unspecified atom stereocenters. The molecule has 0 fully saturated rings. The van der Waals surface area contributed by atoms with E-state index < -0.39 is 5.97 Å². The molecule has 4 nitrogen and oxygen atoms in total. The van der Waals surface area contributed by atoms with Crippen LogP contribution in [0, 0.1) is 11.3 Å². The maximum absolute atomic E-state index is 11.6. The molecule has 0 amide bonds. The average molecular weight is 273 g/mol. The monoisotopic (exact) mass is 272 g/mol. The van der Waals surface area contributed by atoms with Crippen LogP contribution in [-0.2, 0) is 4.74 Å². The molecule has 0 aromatic heterocycles. The normalized spacial score (nSPS) is 9.71. The van der Waals surface area contributed by atoms with Gasteiger partial charge in [0.15, 0.2) is 0 Å². The molecule has 2 N–H and O–H groups in total. The maximum atomic E-state index is 11.6. The number of nitrogen functional groups attached to an aromatic ring is 1. The lowest BCUT2D eigenvalue weighted by Gasteiger charge is -2.07. The van der Waals surface area contributed by atoms with Crippen molar-refractivity contribution in [3.8, 4) is 6.07 Å². The fourth-order valence-corrected chi connectivity index (χ4v) is 1.57. The van der Waals surface area contributed by atoms with Gasteiger partial charge in [0.05, 0.1) is 28.3 Å². The van der Waals surface area contributed by atoms with Gasteiger partial charge in [-0.3, -0.25) is 0 Å². The van der Waals surface area contributed by atoms with E-state index in [1.54, 1.807) is 0 Å². The van der Waals surface area contributed by atoms with Gasteiger partial charge in [-0.05, 0) is 18.6 Å².